The Balaban J connectivity index is 1.51. The highest BCUT2D eigenvalue weighted by molar-refractivity contribution is 7.99. The van der Waals surface area contributed by atoms with E-state index in [1.54, 1.807) is 17.8 Å². The van der Waals surface area contributed by atoms with Crippen molar-refractivity contribution in [2.45, 2.75) is 42.0 Å². The van der Waals surface area contributed by atoms with Gasteiger partial charge in [-0.1, -0.05) is 12.1 Å². The van der Waals surface area contributed by atoms with Gasteiger partial charge in [-0.05, 0) is 91.6 Å². The first-order valence-corrected chi connectivity index (χ1v) is 15.1. The molecule has 198 valence electrons. The average Bonchev–Trinajstić information content (AvgIpc) is 3.70. The van der Waals surface area contributed by atoms with Gasteiger partial charge in [0.2, 0.25) is 0 Å². The first-order valence-electron chi connectivity index (χ1n) is 12.5. The Morgan fingerprint density at radius 2 is 1.63 bits per heavy atom. The average molecular weight is 559 g/mol. The van der Waals surface area contributed by atoms with Gasteiger partial charge in [-0.15, -0.1) is 0 Å². The van der Waals surface area contributed by atoms with Gasteiger partial charge in [-0.25, -0.2) is 21.6 Å². The van der Waals surface area contributed by atoms with Crippen LogP contribution in [0.4, 0.5) is 24.5 Å². The van der Waals surface area contributed by atoms with Crippen molar-refractivity contribution in [2.75, 3.05) is 21.1 Å². The number of fused-ring (bicyclic) bond motifs is 2. The number of carbonyl (C=O) groups is 1. The van der Waals surface area contributed by atoms with Crippen molar-refractivity contribution >= 4 is 39.1 Å². The molecule has 1 N–H and O–H groups in total. The molecule has 1 saturated heterocycles. The summed E-state index contributed by atoms with van der Waals surface area (Å²) in [5.41, 5.74) is -0.676. The van der Waals surface area contributed by atoms with Crippen LogP contribution in [0.3, 0.4) is 0 Å². The molecule has 1 saturated carbocycles. The first kappa shape index (κ1) is 25.3. The number of thioether (sulfide) groups is 1. The van der Waals surface area contributed by atoms with Gasteiger partial charge in [-0.2, -0.15) is 11.8 Å². The number of nitrogens with zero attached hydrogens (tertiary/aromatic N) is 1. The number of anilines is 2. The van der Waals surface area contributed by atoms with Crippen LogP contribution >= 0.6 is 11.8 Å². The predicted octanol–water partition coefficient (Wildman–Crippen LogP) is 6.11. The number of amides is 1. The van der Waals surface area contributed by atoms with Crippen LogP contribution < -0.4 is 9.62 Å². The molecular weight excluding hydrogens is 533 g/mol. The van der Waals surface area contributed by atoms with E-state index in [9.17, 15) is 22.0 Å². The molecule has 1 aliphatic carbocycles. The molecule has 0 aromatic heterocycles. The molecule has 0 bridgehead atoms. The van der Waals surface area contributed by atoms with Crippen LogP contribution in [0, 0.1) is 23.4 Å². The molecule has 3 aromatic rings. The van der Waals surface area contributed by atoms with Crippen molar-refractivity contribution in [1.29, 1.82) is 0 Å². The normalized spacial score (nSPS) is 20.4. The summed E-state index contributed by atoms with van der Waals surface area (Å²) < 4.78 is 73.7. The van der Waals surface area contributed by atoms with E-state index in [1.807, 2.05) is 0 Å². The molecule has 5 nitrogen and oxygen atoms in total. The molecule has 38 heavy (non-hydrogen) atoms. The molecule has 2 aliphatic heterocycles. The van der Waals surface area contributed by atoms with Crippen molar-refractivity contribution < 1.29 is 26.4 Å². The second-order valence-corrected chi connectivity index (χ2v) is 13.1. The highest BCUT2D eigenvalue weighted by Gasteiger charge is 2.60. The molecule has 1 amide bonds. The summed E-state index contributed by atoms with van der Waals surface area (Å²) in [5, 5.41) is 2.44. The molecule has 1 spiro atoms. The fraction of sp³-hybridized carbons (Fsp3) is 0.321. The fourth-order valence-corrected chi connectivity index (χ4v) is 9.02. The Kier molecular flexibility index (Phi) is 6.22. The van der Waals surface area contributed by atoms with Crippen LogP contribution in [0.2, 0.25) is 0 Å². The minimum atomic E-state index is -4.16. The first-order chi connectivity index (χ1) is 18.2. The van der Waals surface area contributed by atoms with Crippen LogP contribution in [-0.4, -0.2) is 31.9 Å². The maximum Gasteiger partial charge on any atom is 0.264 e. The molecular formula is C28H25F3N2O3S2. The van der Waals surface area contributed by atoms with Crippen molar-refractivity contribution in [2.24, 2.45) is 5.92 Å². The van der Waals surface area contributed by atoms with Crippen molar-refractivity contribution in [3.63, 3.8) is 0 Å². The van der Waals surface area contributed by atoms with Gasteiger partial charge >= 0.3 is 0 Å². The Labute approximate surface area is 223 Å². The lowest BCUT2D eigenvalue weighted by Gasteiger charge is -2.41. The van der Waals surface area contributed by atoms with Crippen LogP contribution in [0.1, 0.15) is 41.6 Å². The molecule has 3 aromatic carbocycles. The van der Waals surface area contributed by atoms with Gasteiger partial charge < -0.3 is 5.32 Å². The van der Waals surface area contributed by atoms with E-state index in [0.29, 0.717) is 12.8 Å². The molecule has 2 heterocycles. The molecule has 0 radical (unpaired) electrons. The SMILES string of the molecule is O=C(Nc1ccccc1F)c1ccc2c(c1F)C1(CCSCC1)C(C1CC1)N2S(=O)(=O)c1ccc(F)cc1. The zero-order chi connectivity index (χ0) is 26.7. The summed E-state index contributed by atoms with van der Waals surface area (Å²) in [4.78, 5) is 13.1. The molecule has 1 unspecified atom stereocenters. The van der Waals surface area contributed by atoms with E-state index < -0.39 is 44.8 Å². The summed E-state index contributed by atoms with van der Waals surface area (Å²) in [7, 11) is -4.16. The third-order valence-electron chi connectivity index (χ3n) is 7.86. The van der Waals surface area contributed by atoms with Crippen molar-refractivity contribution in [3.05, 3.63) is 89.2 Å². The van der Waals surface area contributed by atoms with Gasteiger partial charge in [0.05, 0.1) is 27.9 Å². The Hall–Kier alpha value is -2.98. The third-order valence-corrected chi connectivity index (χ3v) is 10.7. The standard InChI is InChI=1S/C28H25F3N2O3S2/c29-18-7-9-19(10-8-18)38(35,36)33-23-12-11-20(27(34)32-22-4-2-1-3-21(22)30)25(31)24(23)28(13-15-37-16-14-28)26(33)17-5-6-17/h1-4,7-12,17,26H,5-6,13-16H2,(H,32,34). The minimum Gasteiger partial charge on any atom is -0.319 e. The zero-order valence-corrected chi connectivity index (χ0v) is 21.9. The van der Waals surface area contributed by atoms with E-state index >= 15 is 4.39 Å². The molecule has 1 atom stereocenters. The summed E-state index contributed by atoms with van der Waals surface area (Å²) >= 11 is 1.74. The highest BCUT2D eigenvalue weighted by atomic mass is 32.2. The number of para-hydroxylation sites is 1. The lowest BCUT2D eigenvalue weighted by molar-refractivity contribution is 0.102. The molecule has 6 rings (SSSR count). The highest BCUT2D eigenvalue weighted by Crippen LogP contribution is 2.60. The van der Waals surface area contributed by atoms with Gasteiger partial charge in [0.25, 0.3) is 15.9 Å². The van der Waals surface area contributed by atoms with Gasteiger partial charge in [0.15, 0.2) is 0 Å². The Morgan fingerprint density at radius 3 is 2.29 bits per heavy atom. The van der Waals surface area contributed by atoms with Crippen molar-refractivity contribution in [3.8, 4) is 0 Å². The molecule has 3 aliphatic rings. The van der Waals surface area contributed by atoms with E-state index in [-0.39, 0.29) is 33.3 Å². The maximum atomic E-state index is 16.5. The lowest BCUT2D eigenvalue weighted by Crippen LogP contribution is -2.50. The summed E-state index contributed by atoms with van der Waals surface area (Å²) in [6, 6.07) is 12.5. The summed E-state index contributed by atoms with van der Waals surface area (Å²) in [6.45, 7) is 0. The number of carbonyl (C=O) groups excluding carboxylic acids is 1. The number of nitrogens with one attached hydrogen (secondary N) is 1. The van der Waals surface area contributed by atoms with E-state index in [0.717, 1.165) is 36.5 Å². The minimum absolute atomic E-state index is 0.0517. The van der Waals surface area contributed by atoms with Crippen molar-refractivity contribution in [1.82, 2.24) is 0 Å². The number of hydrogen-bond donors (Lipinski definition) is 1. The number of rotatable bonds is 5. The third kappa shape index (κ3) is 4.00. The summed E-state index contributed by atoms with van der Waals surface area (Å²) in [6.07, 6.45) is 2.78. The number of sulfonamides is 1. The molecule has 10 heteroatoms. The quantitative estimate of drug-likeness (QED) is 0.411. The Morgan fingerprint density at radius 1 is 0.947 bits per heavy atom. The maximum absolute atomic E-state index is 16.5. The van der Waals surface area contributed by atoms with Crippen LogP contribution in [-0.2, 0) is 15.4 Å². The van der Waals surface area contributed by atoms with Crippen LogP contribution in [0.15, 0.2) is 65.6 Å². The number of benzene rings is 3. The summed E-state index contributed by atoms with van der Waals surface area (Å²) in [5.74, 6) is -1.26. The zero-order valence-electron chi connectivity index (χ0n) is 20.3. The lowest BCUT2D eigenvalue weighted by atomic mass is 9.70. The second kappa shape index (κ2) is 9.34. The van der Waals surface area contributed by atoms with E-state index in [4.69, 9.17) is 0 Å². The number of hydrogen-bond acceptors (Lipinski definition) is 4. The predicted molar refractivity (Wildman–Crippen MR) is 142 cm³/mol. The second-order valence-electron chi connectivity index (χ2n) is 10.1. The largest absolute Gasteiger partial charge is 0.319 e. The topological polar surface area (TPSA) is 66.5 Å². The van der Waals surface area contributed by atoms with Gasteiger partial charge in [0.1, 0.15) is 17.5 Å². The smallest absolute Gasteiger partial charge is 0.264 e. The Bertz CT molecular complexity index is 1520. The van der Waals surface area contributed by atoms with Crippen LogP contribution in [0.5, 0.6) is 0 Å². The van der Waals surface area contributed by atoms with Gasteiger partial charge in [0, 0.05) is 11.0 Å². The van der Waals surface area contributed by atoms with E-state index in [2.05, 4.69) is 5.32 Å². The van der Waals surface area contributed by atoms with Crippen LogP contribution in [0.25, 0.3) is 0 Å². The van der Waals surface area contributed by atoms with E-state index in [1.165, 1.54) is 46.8 Å². The monoisotopic (exact) mass is 558 g/mol. The fourth-order valence-electron chi connectivity index (χ4n) is 6.01. The number of halogens is 3. The van der Waals surface area contributed by atoms with Gasteiger partial charge in [-0.3, -0.25) is 9.10 Å². The molecule has 2 fully saturated rings.